The van der Waals surface area contributed by atoms with Gasteiger partial charge in [0, 0.05) is 17.8 Å². The molecule has 1 aromatic heterocycles. The molecule has 2 rings (SSSR count). The Morgan fingerprint density at radius 1 is 1.29 bits per heavy atom. The van der Waals surface area contributed by atoms with E-state index in [1.807, 2.05) is 0 Å². The topological polar surface area (TPSA) is 82.0 Å². The Balaban J connectivity index is 2.70. The molecule has 0 aliphatic heterocycles. The van der Waals surface area contributed by atoms with E-state index in [0.717, 1.165) is 18.2 Å². The molecule has 0 saturated carbocycles. The van der Waals surface area contributed by atoms with Gasteiger partial charge in [0.2, 0.25) is 0 Å². The first kappa shape index (κ1) is 11.0. The smallest absolute Gasteiger partial charge is 0.277 e. The molecule has 2 aromatic rings. The third kappa shape index (κ3) is 2.05. The van der Waals surface area contributed by atoms with E-state index >= 15 is 0 Å². The van der Waals surface area contributed by atoms with Crippen LogP contribution >= 0.6 is 0 Å². The SMILES string of the molecule is Nc1ncccc1-c1cc(F)ccc1[N+](=O)[O-]. The van der Waals surface area contributed by atoms with E-state index < -0.39 is 10.7 Å². The zero-order valence-corrected chi connectivity index (χ0v) is 8.63. The van der Waals surface area contributed by atoms with Gasteiger partial charge in [0.25, 0.3) is 5.69 Å². The Hall–Kier alpha value is -2.50. The van der Waals surface area contributed by atoms with Crippen LogP contribution in [0.3, 0.4) is 0 Å². The zero-order chi connectivity index (χ0) is 12.4. The lowest BCUT2D eigenvalue weighted by Gasteiger charge is -2.05. The van der Waals surface area contributed by atoms with E-state index in [0.29, 0.717) is 5.56 Å². The van der Waals surface area contributed by atoms with Gasteiger partial charge in [-0.05, 0) is 24.3 Å². The lowest BCUT2D eigenvalue weighted by atomic mass is 10.0. The lowest BCUT2D eigenvalue weighted by Crippen LogP contribution is -1.97. The third-order valence-corrected chi connectivity index (χ3v) is 2.28. The van der Waals surface area contributed by atoms with Crippen molar-refractivity contribution in [1.29, 1.82) is 0 Å². The number of nitro benzene ring substituents is 1. The molecule has 0 spiro atoms. The number of halogens is 1. The molecule has 0 radical (unpaired) electrons. The molecule has 0 unspecified atom stereocenters. The summed E-state index contributed by atoms with van der Waals surface area (Å²) in [5.74, 6) is -0.435. The van der Waals surface area contributed by atoms with Gasteiger partial charge in [-0.25, -0.2) is 9.37 Å². The second kappa shape index (κ2) is 4.17. The Morgan fingerprint density at radius 2 is 2.06 bits per heavy atom. The molecule has 86 valence electrons. The lowest BCUT2D eigenvalue weighted by molar-refractivity contribution is -0.384. The van der Waals surface area contributed by atoms with E-state index in [4.69, 9.17) is 5.73 Å². The third-order valence-electron chi connectivity index (χ3n) is 2.28. The molecule has 0 amide bonds. The molecule has 0 aliphatic carbocycles. The first-order valence-electron chi connectivity index (χ1n) is 4.74. The van der Waals surface area contributed by atoms with Crippen molar-refractivity contribution in [1.82, 2.24) is 4.98 Å². The van der Waals surface area contributed by atoms with Crippen LogP contribution in [-0.2, 0) is 0 Å². The minimum atomic E-state index is -0.582. The van der Waals surface area contributed by atoms with Crippen molar-refractivity contribution in [3.05, 3.63) is 52.5 Å². The molecule has 0 aliphatic rings. The van der Waals surface area contributed by atoms with Crippen LogP contribution in [0.1, 0.15) is 0 Å². The molecule has 1 heterocycles. The molecule has 0 saturated heterocycles. The average Bonchev–Trinajstić information content (AvgIpc) is 2.29. The average molecular weight is 233 g/mol. The predicted octanol–water partition coefficient (Wildman–Crippen LogP) is 2.38. The number of aromatic nitrogens is 1. The van der Waals surface area contributed by atoms with Crippen LogP contribution in [0.4, 0.5) is 15.9 Å². The Morgan fingerprint density at radius 3 is 2.71 bits per heavy atom. The maximum absolute atomic E-state index is 13.1. The van der Waals surface area contributed by atoms with E-state index in [1.54, 1.807) is 12.1 Å². The van der Waals surface area contributed by atoms with E-state index in [-0.39, 0.29) is 17.1 Å². The summed E-state index contributed by atoms with van der Waals surface area (Å²) in [6, 6.07) is 6.36. The van der Waals surface area contributed by atoms with Crippen LogP contribution < -0.4 is 5.73 Å². The Labute approximate surface area is 95.9 Å². The number of rotatable bonds is 2. The van der Waals surface area contributed by atoms with Crippen molar-refractivity contribution < 1.29 is 9.31 Å². The zero-order valence-electron chi connectivity index (χ0n) is 8.63. The van der Waals surface area contributed by atoms with E-state index in [1.165, 1.54) is 6.20 Å². The fourth-order valence-corrected chi connectivity index (χ4v) is 1.53. The summed E-state index contributed by atoms with van der Waals surface area (Å²) in [6.07, 6.45) is 1.46. The number of pyridine rings is 1. The predicted molar refractivity (Wildman–Crippen MR) is 60.7 cm³/mol. The van der Waals surface area contributed by atoms with E-state index in [9.17, 15) is 14.5 Å². The van der Waals surface area contributed by atoms with Gasteiger partial charge >= 0.3 is 0 Å². The molecular formula is C11H8FN3O2. The standard InChI is InChI=1S/C11H8FN3O2/c12-7-3-4-10(15(16)17)9(6-7)8-2-1-5-14-11(8)13/h1-6H,(H2,13,14). The van der Waals surface area contributed by atoms with Crippen LogP contribution in [0.5, 0.6) is 0 Å². The minimum Gasteiger partial charge on any atom is -0.383 e. The Bertz CT molecular complexity index is 587. The fourth-order valence-electron chi connectivity index (χ4n) is 1.53. The molecule has 0 bridgehead atoms. The number of nitrogens with two attached hydrogens (primary N) is 1. The quantitative estimate of drug-likeness (QED) is 0.637. The largest absolute Gasteiger partial charge is 0.383 e. The molecule has 1 aromatic carbocycles. The van der Waals surface area contributed by atoms with E-state index in [2.05, 4.69) is 4.98 Å². The summed E-state index contributed by atoms with van der Waals surface area (Å²) in [4.78, 5) is 14.1. The summed E-state index contributed by atoms with van der Waals surface area (Å²) < 4.78 is 13.1. The monoisotopic (exact) mass is 233 g/mol. The highest BCUT2D eigenvalue weighted by Crippen LogP contribution is 2.32. The van der Waals surface area contributed by atoms with Crippen LogP contribution in [-0.4, -0.2) is 9.91 Å². The summed E-state index contributed by atoms with van der Waals surface area (Å²) in [5.41, 5.74) is 5.88. The van der Waals surface area contributed by atoms with Gasteiger partial charge in [-0.2, -0.15) is 0 Å². The number of benzene rings is 1. The summed E-state index contributed by atoms with van der Waals surface area (Å²) in [7, 11) is 0. The van der Waals surface area contributed by atoms with Crippen molar-refractivity contribution in [3.8, 4) is 11.1 Å². The highest BCUT2D eigenvalue weighted by Gasteiger charge is 2.17. The van der Waals surface area contributed by atoms with Gasteiger partial charge in [0.15, 0.2) is 0 Å². The normalized spacial score (nSPS) is 10.2. The van der Waals surface area contributed by atoms with Crippen LogP contribution in [0.25, 0.3) is 11.1 Å². The Kier molecular flexibility index (Phi) is 2.70. The summed E-state index contributed by atoms with van der Waals surface area (Å²) >= 11 is 0. The number of nitrogens with zero attached hydrogens (tertiary/aromatic N) is 2. The number of nitro groups is 1. The summed E-state index contributed by atoms with van der Waals surface area (Å²) in [5, 5.41) is 10.8. The first-order valence-corrected chi connectivity index (χ1v) is 4.74. The van der Waals surface area contributed by atoms with Gasteiger partial charge in [-0.1, -0.05) is 0 Å². The highest BCUT2D eigenvalue weighted by atomic mass is 19.1. The van der Waals surface area contributed by atoms with Crippen molar-refractivity contribution >= 4 is 11.5 Å². The minimum absolute atomic E-state index is 0.126. The number of anilines is 1. The number of nitrogen functional groups attached to an aromatic ring is 1. The van der Waals surface area contributed by atoms with Crippen LogP contribution in [0.15, 0.2) is 36.5 Å². The van der Waals surface area contributed by atoms with Gasteiger partial charge in [0.05, 0.1) is 10.5 Å². The van der Waals surface area contributed by atoms with Crippen molar-refractivity contribution in [2.45, 2.75) is 0 Å². The van der Waals surface area contributed by atoms with Gasteiger partial charge < -0.3 is 5.73 Å². The maximum Gasteiger partial charge on any atom is 0.277 e. The maximum atomic E-state index is 13.1. The number of hydrogen-bond acceptors (Lipinski definition) is 4. The van der Waals surface area contributed by atoms with Crippen LogP contribution in [0, 0.1) is 15.9 Å². The molecule has 0 fully saturated rings. The molecule has 5 nitrogen and oxygen atoms in total. The molecule has 6 heteroatoms. The van der Waals surface area contributed by atoms with Crippen molar-refractivity contribution in [2.75, 3.05) is 5.73 Å². The van der Waals surface area contributed by atoms with Gasteiger partial charge in [-0.3, -0.25) is 10.1 Å². The van der Waals surface area contributed by atoms with Crippen molar-refractivity contribution in [2.24, 2.45) is 0 Å². The first-order chi connectivity index (χ1) is 8.09. The van der Waals surface area contributed by atoms with Crippen LogP contribution in [0.2, 0.25) is 0 Å². The second-order valence-electron chi connectivity index (χ2n) is 3.35. The number of hydrogen-bond donors (Lipinski definition) is 1. The molecule has 0 atom stereocenters. The molecular weight excluding hydrogens is 225 g/mol. The molecule has 17 heavy (non-hydrogen) atoms. The van der Waals surface area contributed by atoms with Gasteiger partial charge in [-0.15, -0.1) is 0 Å². The fraction of sp³-hybridized carbons (Fsp3) is 0. The second-order valence-corrected chi connectivity index (χ2v) is 3.35. The van der Waals surface area contributed by atoms with Gasteiger partial charge in [0.1, 0.15) is 11.6 Å². The van der Waals surface area contributed by atoms with Crippen molar-refractivity contribution in [3.63, 3.8) is 0 Å². The highest BCUT2D eigenvalue weighted by molar-refractivity contribution is 5.80. The summed E-state index contributed by atoms with van der Waals surface area (Å²) in [6.45, 7) is 0. The molecule has 2 N–H and O–H groups in total.